The Morgan fingerprint density at radius 1 is 1.00 bits per heavy atom. The van der Waals surface area contributed by atoms with Gasteiger partial charge in [0.05, 0.1) is 0 Å². The van der Waals surface area contributed by atoms with Gasteiger partial charge in [0.1, 0.15) is 0 Å². The number of rotatable bonds is 3. The Balaban J connectivity index is 1.58. The van der Waals surface area contributed by atoms with E-state index in [0.717, 1.165) is 47.8 Å². The average Bonchev–Trinajstić information content (AvgIpc) is 2.43. The van der Waals surface area contributed by atoms with Crippen LogP contribution in [0, 0.1) is 46.8 Å². The Labute approximate surface area is 115 Å². The first-order chi connectivity index (χ1) is 9.21. The van der Waals surface area contributed by atoms with Gasteiger partial charge in [-0.3, -0.25) is 0 Å². The fraction of sp³-hybridized carbons (Fsp3) is 1.00. The van der Waals surface area contributed by atoms with E-state index in [1.807, 2.05) is 0 Å². The molecular formula is C17H26O2. The van der Waals surface area contributed by atoms with Crippen LogP contribution in [0.15, 0.2) is 0 Å². The Hall–Kier alpha value is -0.0800. The van der Waals surface area contributed by atoms with E-state index >= 15 is 0 Å². The summed E-state index contributed by atoms with van der Waals surface area (Å²) in [6.45, 7) is 0. The summed E-state index contributed by atoms with van der Waals surface area (Å²) in [6, 6.07) is 0. The maximum absolute atomic E-state index is 10.1. The smallest absolute Gasteiger partial charge is 0.154 e. The minimum Gasteiger partial charge on any atom is -0.368 e. The van der Waals surface area contributed by atoms with E-state index < -0.39 is 6.29 Å². The van der Waals surface area contributed by atoms with Gasteiger partial charge < -0.3 is 9.84 Å². The zero-order valence-electron chi connectivity index (χ0n) is 11.9. The van der Waals surface area contributed by atoms with Crippen molar-refractivity contribution in [1.82, 2.24) is 0 Å². The van der Waals surface area contributed by atoms with Crippen molar-refractivity contribution in [1.29, 1.82) is 0 Å². The molecule has 0 aromatic rings. The molecule has 2 heteroatoms. The van der Waals surface area contributed by atoms with Crippen LogP contribution in [0.5, 0.6) is 0 Å². The van der Waals surface area contributed by atoms with E-state index in [4.69, 9.17) is 4.74 Å². The molecule has 7 saturated carbocycles. The molecule has 7 aliphatic rings. The highest BCUT2D eigenvalue weighted by molar-refractivity contribution is 5.18. The zero-order chi connectivity index (χ0) is 12.8. The van der Waals surface area contributed by atoms with Gasteiger partial charge in [-0.05, 0) is 85.4 Å². The first kappa shape index (κ1) is 11.6. The molecular weight excluding hydrogens is 236 g/mol. The van der Waals surface area contributed by atoms with Crippen LogP contribution in [0.25, 0.3) is 0 Å². The van der Waals surface area contributed by atoms with Crippen LogP contribution in [0.3, 0.4) is 0 Å². The van der Waals surface area contributed by atoms with E-state index in [9.17, 15) is 5.11 Å². The highest BCUT2D eigenvalue weighted by Gasteiger charge is 2.69. The largest absolute Gasteiger partial charge is 0.368 e. The highest BCUT2D eigenvalue weighted by Crippen LogP contribution is 2.76. The molecule has 0 saturated heterocycles. The van der Waals surface area contributed by atoms with Crippen LogP contribution < -0.4 is 0 Å². The number of hydrogen-bond acceptors (Lipinski definition) is 2. The fourth-order valence-electron chi connectivity index (χ4n) is 7.95. The van der Waals surface area contributed by atoms with Gasteiger partial charge in [-0.25, -0.2) is 0 Å². The van der Waals surface area contributed by atoms with E-state index in [1.54, 1.807) is 13.5 Å². The maximum Gasteiger partial charge on any atom is 0.154 e. The van der Waals surface area contributed by atoms with Crippen molar-refractivity contribution in [2.24, 2.45) is 46.8 Å². The van der Waals surface area contributed by atoms with E-state index in [0.29, 0.717) is 5.41 Å². The summed E-state index contributed by atoms with van der Waals surface area (Å²) in [5.41, 5.74) is 0.472. The third-order valence-electron chi connectivity index (χ3n) is 8.10. The summed E-state index contributed by atoms with van der Waals surface area (Å²) in [5, 5.41) is 10.1. The average molecular weight is 262 g/mol. The van der Waals surface area contributed by atoms with Crippen LogP contribution in [-0.4, -0.2) is 18.5 Å². The van der Waals surface area contributed by atoms with Crippen molar-refractivity contribution in [2.45, 2.75) is 51.2 Å². The third-order valence-corrected chi connectivity index (χ3v) is 8.10. The Bertz CT molecular complexity index is 382. The standard InChI is InChI=1S/C17H26O2/c1-19-16(18)8-17-7-10-3-12-11-2-9(5-14(12)17)6-15(17)13(11)4-10/h9-16,18H,2-8H2,1H3. The van der Waals surface area contributed by atoms with E-state index in [-0.39, 0.29) is 0 Å². The van der Waals surface area contributed by atoms with Crippen LogP contribution in [0.2, 0.25) is 0 Å². The molecule has 0 heterocycles. The number of hydrogen-bond donors (Lipinski definition) is 1. The SMILES string of the molecule is COC(O)CC12CC3CC4C5CC(CC41)CC2C5C3. The summed E-state index contributed by atoms with van der Waals surface area (Å²) >= 11 is 0. The molecule has 2 nitrogen and oxygen atoms in total. The van der Waals surface area contributed by atoms with Crippen molar-refractivity contribution >= 4 is 0 Å². The van der Waals surface area contributed by atoms with Crippen molar-refractivity contribution in [3.63, 3.8) is 0 Å². The van der Waals surface area contributed by atoms with Crippen LogP contribution in [-0.2, 0) is 4.74 Å². The molecule has 7 fully saturated rings. The van der Waals surface area contributed by atoms with Gasteiger partial charge in [-0.1, -0.05) is 0 Å². The number of aliphatic hydroxyl groups excluding tert-OH is 1. The van der Waals surface area contributed by atoms with Gasteiger partial charge >= 0.3 is 0 Å². The molecule has 7 aliphatic carbocycles. The molecule has 5 unspecified atom stereocenters. The third kappa shape index (κ3) is 1.26. The molecule has 106 valence electrons. The first-order valence-electron chi connectivity index (χ1n) is 8.42. The number of ether oxygens (including phenoxy) is 1. The van der Waals surface area contributed by atoms with Crippen LogP contribution in [0.4, 0.5) is 0 Å². The molecule has 1 N–H and O–H groups in total. The topological polar surface area (TPSA) is 29.5 Å². The molecule has 7 rings (SSSR count). The molecule has 0 aromatic heterocycles. The maximum atomic E-state index is 10.1. The van der Waals surface area contributed by atoms with Crippen LogP contribution in [0.1, 0.15) is 44.9 Å². The fourth-order valence-corrected chi connectivity index (χ4v) is 7.95. The van der Waals surface area contributed by atoms with Crippen molar-refractivity contribution in [3.8, 4) is 0 Å². The minimum absolute atomic E-state index is 0.472. The van der Waals surface area contributed by atoms with Gasteiger partial charge in [0.2, 0.25) is 0 Å². The number of methoxy groups -OCH3 is 1. The second-order valence-electron chi connectivity index (χ2n) is 8.45. The van der Waals surface area contributed by atoms with Crippen molar-refractivity contribution < 1.29 is 9.84 Å². The van der Waals surface area contributed by atoms with Gasteiger partial charge in [0, 0.05) is 13.5 Å². The van der Waals surface area contributed by atoms with Gasteiger partial charge in [0.15, 0.2) is 6.29 Å². The number of aliphatic hydroxyl groups is 1. The zero-order valence-corrected chi connectivity index (χ0v) is 11.9. The highest BCUT2D eigenvalue weighted by atomic mass is 16.6. The van der Waals surface area contributed by atoms with Gasteiger partial charge in [-0.2, -0.15) is 0 Å². The lowest BCUT2D eigenvalue weighted by atomic mass is 9.30. The lowest BCUT2D eigenvalue weighted by Gasteiger charge is -2.75. The molecule has 19 heavy (non-hydrogen) atoms. The Kier molecular flexibility index (Phi) is 2.17. The van der Waals surface area contributed by atoms with E-state index in [2.05, 4.69) is 0 Å². The molecule has 0 aromatic carbocycles. The summed E-state index contributed by atoms with van der Waals surface area (Å²) in [4.78, 5) is 0. The van der Waals surface area contributed by atoms with E-state index in [1.165, 1.54) is 32.1 Å². The molecule has 0 amide bonds. The summed E-state index contributed by atoms with van der Waals surface area (Å²) < 4.78 is 5.25. The van der Waals surface area contributed by atoms with Crippen molar-refractivity contribution in [3.05, 3.63) is 0 Å². The molecule has 8 bridgehead atoms. The lowest BCUT2D eigenvalue weighted by Crippen LogP contribution is -2.68. The summed E-state index contributed by atoms with van der Waals surface area (Å²) in [5.74, 6) is 7.02. The summed E-state index contributed by atoms with van der Waals surface area (Å²) in [6.07, 6.45) is 9.39. The monoisotopic (exact) mass is 262 g/mol. The normalized spacial score (nSPS) is 61.9. The van der Waals surface area contributed by atoms with Crippen molar-refractivity contribution in [2.75, 3.05) is 7.11 Å². The Morgan fingerprint density at radius 3 is 2.26 bits per heavy atom. The second-order valence-corrected chi connectivity index (χ2v) is 8.45. The van der Waals surface area contributed by atoms with Gasteiger partial charge in [-0.15, -0.1) is 0 Å². The quantitative estimate of drug-likeness (QED) is 0.792. The predicted molar refractivity (Wildman–Crippen MR) is 72.2 cm³/mol. The predicted octanol–water partition coefficient (Wildman–Crippen LogP) is 3.05. The molecule has 0 aliphatic heterocycles. The molecule has 0 radical (unpaired) electrons. The lowest BCUT2D eigenvalue weighted by molar-refractivity contribution is -0.274. The van der Waals surface area contributed by atoms with Crippen LogP contribution >= 0.6 is 0 Å². The Morgan fingerprint density at radius 2 is 1.63 bits per heavy atom. The molecule has 5 atom stereocenters. The second kappa shape index (κ2) is 3.57. The summed E-state index contributed by atoms with van der Waals surface area (Å²) in [7, 11) is 1.67. The minimum atomic E-state index is -0.518. The van der Waals surface area contributed by atoms with Gasteiger partial charge in [0.25, 0.3) is 0 Å². The molecule has 0 spiro atoms. The first-order valence-corrected chi connectivity index (χ1v) is 8.42.